The van der Waals surface area contributed by atoms with Crippen LogP contribution >= 0.6 is 0 Å². The van der Waals surface area contributed by atoms with E-state index in [1.165, 1.54) is 0 Å². The maximum atomic E-state index is 5.96. The predicted molar refractivity (Wildman–Crippen MR) is 47.1 cm³/mol. The Morgan fingerprint density at radius 2 is 2.00 bits per heavy atom. The molecule has 0 aliphatic carbocycles. The Balaban J connectivity index is 2.24. The molecule has 0 bridgehead atoms. The summed E-state index contributed by atoms with van der Waals surface area (Å²) in [6.45, 7) is 9.60. The molecular formula is C10H18O2. The molecule has 0 saturated carbocycles. The number of hydrogen-bond acceptors (Lipinski definition) is 2. The molecule has 0 aromatic heterocycles. The van der Waals surface area contributed by atoms with Crippen molar-refractivity contribution in [3.05, 3.63) is 0 Å². The van der Waals surface area contributed by atoms with Crippen molar-refractivity contribution >= 4 is 0 Å². The molecule has 0 aromatic rings. The molecule has 2 fully saturated rings. The second-order valence-electron chi connectivity index (χ2n) is 4.82. The average Bonchev–Trinajstić information content (AvgIpc) is 2.06. The van der Waals surface area contributed by atoms with E-state index in [1.54, 1.807) is 0 Å². The lowest BCUT2D eigenvalue weighted by Crippen LogP contribution is -2.56. The van der Waals surface area contributed by atoms with Crippen molar-refractivity contribution in [1.82, 2.24) is 0 Å². The third kappa shape index (κ3) is 0.826. The fourth-order valence-electron chi connectivity index (χ4n) is 2.80. The second-order valence-corrected chi connectivity index (χ2v) is 4.82. The van der Waals surface area contributed by atoms with Crippen LogP contribution < -0.4 is 0 Å². The van der Waals surface area contributed by atoms with E-state index in [9.17, 15) is 0 Å². The topological polar surface area (TPSA) is 18.5 Å². The highest BCUT2D eigenvalue weighted by molar-refractivity contribution is 5.10. The Labute approximate surface area is 74.2 Å². The van der Waals surface area contributed by atoms with Crippen molar-refractivity contribution in [1.29, 1.82) is 0 Å². The molecular weight excluding hydrogens is 152 g/mol. The number of ether oxygens (including phenoxy) is 2. The summed E-state index contributed by atoms with van der Waals surface area (Å²) in [6, 6.07) is 0. The molecule has 0 amide bonds. The maximum Gasteiger partial charge on any atom is 0.0959 e. The molecule has 2 heteroatoms. The highest BCUT2D eigenvalue weighted by Crippen LogP contribution is 2.53. The van der Waals surface area contributed by atoms with Gasteiger partial charge >= 0.3 is 0 Å². The molecule has 0 radical (unpaired) electrons. The Morgan fingerprint density at radius 3 is 2.25 bits per heavy atom. The van der Waals surface area contributed by atoms with Gasteiger partial charge in [0, 0.05) is 5.41 Å². The molecule has 1 unspecified atom stereocenters. The van der Waals surface area contributed by atoms with E-state index in [0.717, 1.165) is 13.0 Å². The van der Waals surface area contributed by atoms with Crippen LogP contribution in [0.5, 0.6) is 0 Å². The third-order valence-corrected chi connectivity index (χ3v) is 3.34. The first-order chi connectivity index (χ1) is 5.50. The smallest absolute Gasteiger partial charge is 0.0959 e. The monoisotopic (exact) mass is 170 g/mol. The summed E-state index contributed by atoms with van der Waals surface area (Å²) in [6.07, 6.45) is 1.81. The van der Waals surface area contributed by atoms with Crippen molar-refractivity contribution in [2.24, 2.45) is 5.41 Å². The summed E-state index contributed by atoms with van der Waals surface area (Å²) < 4.78 is 11.5. The quantitative estimate of drug-likeness (QED) is 0.599. The lowest BCUT2D eigenvalue weighted by atomic mass is 9.72. The largest absolute Gasteiger partial charge is 0.374 e. The molecule has 2 heterocycles. The van der Waals surface area contributed by atoms with Crippen LogP contribution in [0.4, 0.5) is 0 Å². The van der Waals surface area contributed by atoms with Gasteiger partial charge in [-0.1, -0.05) is 13.8 Å². The van der Waals surface area contributed by atoms with Gasteiger partial charge in [-0.25, -0.2) is 0 Å². The van der Waals surface area contributed by atoms with Gasteiger partial charge in [-0.05, 0) is 20.3 Å². The van der Waals surface area contributed by atoms with Crippen LogP contribution in [0.15, 0.2) is 0 Å². The molecule has 2 aliphatic rings. The molecule has 2 rings (SSSR count). The van der Waals surface area contributed by atoms with Crippen LogP contribution in [0.1, 0.15) is 34.1 Å². The van der Waals surface area contributed by atoms with Crippen LogP contribution in [0.3, 0.4) is 0 Å². The van der Waals surface area contributed by atoms with Gasteiger partial charge in [0.05, 0.1) is 24.4 Å². The predicted octanol–water partition coefficient (Wildman–Crippen LogP) is 1.98. The fraction of sp³-hybridized carbons (Fsp3) is 1.00. The zero-order valence-electron chi connectivity index (χ0n) is 8.39. The average molecular weight is 170 g/mol. The lowest BCUT2D eigenvalue weighted by Gasteiger charge is -2.46. The minimum atomic E-state index is -0.0757. The minimum Gasteiger partial charge on any atom is -0.374 e. The van der Waals surface area contributed by atoms with Crippen LogP contribution in [0.25, 0.3) is 0 Å². The summed E-state index contributed by atoms with van der Waals surface area (Å²) in [5, 5.41) is 0. The zero-order chi connectivity index (χ0) is 8.98. The third-order valence-electron chi connectivity index (χ3n) is 3.34. The Morgan fingerprint density at radius 1 is 1.33 bits per heavy atom. The van der Waals surface area contributed by atoms with Gasteiger partial charge in [0.2, 0.25) is 0 Å². The lowest BCUT2D eigenvalue weighted by molar-refractivity contribution is -0.181. The van der Waals surface area contributed by atoms with Crippen molar-refractivity contribution in [3.63, 3.8) is 0 Å². The number of rotatable bonds is 1. The van der Waals surface area contributed by atoms with Crippen molar-refractivity contribution in [2.45, 2.75) is 51.9 Å². The van der Waals surface area contributed by atoms with E-state index in [4.69, 9.17) is 9.47 Å². The zero-order valence-corrected chi connectivity index (χ0v) is 8.39. The maximum absolute atomic E-state index is 5.96. The van der Waals surface area contributed by atoms with Crippen molar-refractivity contribution < 1.29 is 9.47 Å². The number of hydrogen-bond donors (Lipinski definition) is 0. The molecule has 3 atom stereocenters. The van der Waals surface area contributed by atoms with Crippen molar-refractivity contribution in [2.75, 3.05) is 6.61 Å². The highest BCUT2D eigenvalue weighted by Gasteiger charge is 2.63. The summed E-state index contributed by atoms with van der Waals surface area (Å²) in [5.74, 6) is 0. The minimum absolute atomic E-state index is 0.0757. The molecule has 2 aliphatic heterocycles. The first-order valence-electron chi connectivity index (χ1n) is 4.80. The number of fused-ring (bicyclic) bond motifs is 1. The van der Waals surface area contributed by atoms with E-state index in [2.05, 4.69) is 27.7 Å². The summed E-state index contributed by atoms with van der Waals surface area (Å²) >= 11 is 0. The molecule has 0 aromatic carbocycles. The van der Waals surface area contributed by atoms with Gasteiger partial charge in [-0.3, -0.25) is 0 Å². The van der Waals surface area contributed by atoms with E-state index < -0.39 is 0 Å². The van der Waals surface area contributed by atoms with Gasteiger partial charge in [0.15, 0.2) is 0 Å². The Hall–Kier alpha value is -0.0800. The fourth-order valence-corrected chi connectivity index (χ4v) is 2.80. The first kappa shape index (κ1) is 8.52. The van der Waals surface area contributed by atoms with Gasteiger partial charge in [-0.15, -0.1) is 0 Å². The van der Waals surface area contributed by atoms with E-state index in [0.29, 0.717) is 12.2 Å². The summed E-state index contributed by atoms with van der Waals surface area (Å²) in [7, 11) is 0. The van der Waals surface area contributed by atoms with E-state index >= 15 is 0 Å². The van der Waals surface area contributed by atoms with E-state index in [1.807, 2.05) is 0 Å². The van der Waals surface area contributed by atoms with Crippen LogP contribution in [0, 0.1) is 5.41 Å². The Kier molecular flexibility index (Phi) is 1.59. The molecule has 0 N–H and O–H groups in total. The molecule has 2 nitrogen and oxygen atoms in total. The highest BCUT2D eigenvalue weighted by atomic mass is 16.6. The van der Waals surface area contributed by atoms with Crippen LogP contribution in [-0.2, 0) is 9.47 Å². The van der Waals surface area contributed by atoms with Crippen LogP contribution in [0.2, 0.25) is 0 Å². The molecule has 2 saturated heterocycles. The van der Waals surface area contributed by atoms with Gasteiger partial charge in [0.25, 0.3) is 0 Å². The molecule has 0 spiro atoms. The summed E-state index contributed by atoms with van der Waals surface area (Å²) in [4.78, 5) is 0. The molecule has 12 heavy (non-hydrogen) atoms. The first-order valence-corrected chi connectivity index (χ1v) is 4.80. The van der Waals surface area contributed by atoms with Crippen LogP contribution in [-0.4, -0.2) is 24.4 Å². The SMILES string of the molecule is CC[C@H]1OC(C)(C)[C@@H]2OCC12C. The van der Waals surface area contributed by atoms with Gasteiger partial charge < -0.3 is 9.47 Å². The van der Waals surface area contributed by atoms with Gasteiger partial charge in [0.1, 0.15) is 0 Å². The van der Waals surface area contributed by atoms with Crippen molar-refractivity contribution in [3.8, 4) is 0 Å². The second kappa shape index (κ2) is 2.24. The summed E-state index contributed by atoms with van der Waals surface area (Å²) in [5.41, 5.74) is 0.214. The van der Waals surface area contributed by atoms with E-state index in [-0.39, 0.29) is 11.0 Å². The Bertz CT molecular complexity index is 200. The normalized spacial score (nSPS) is 50.0. The van der Waals surface area contributed by atoms with Gasteiger partial charge in [-0.2, -0.15) is 0 Å². The standard InChI is InChI=1S/C10H18O2/c1-5-7-10(4)6-11-8(10)9(2,3)12-7/h7-8H,5-6H2,1-4H3/t7-,8+,10?/m1/s1. The molecule has 70 valence electrons.